The standard InChI is InChI=1S/C25H42O2/c1-4-5-6-22-23-19-8-7-18-16(17(19)12-14-25(22,23)27)11-13-24(3)20(15(2)26)9-10-21(18)24/h15-23,26-27H,4-14H2,1-3H3/t15-,16+,17+,18+,19-,20+,21-,22?,23?,24+,25-/m0/s1. The van der Waals surface area contributed by atoms with Crippen molar-refractivity contribution in [1.29, 1.82) is 0 Å². The Bertz CT molecular complexity index is 573. The van der Waals surface area contributed by atoms with Crippen LogP contribution in [0.15, 0.2) is 0 Å². The molecule has 0 spiro atoms. The summed E-state index contributed by atoms with van der Waals surface area (Å²) in [5.41, 5.74) is 0.123. The second-order valence-corrected chi connectivity index (χ2v) is 11.6. The minimum absolute atomic E-state index is 0.136. The molecule has 0 amide bonds. The van der Waals surface area contributed by atoms with E-state index >= 15 is 0 Å². The van der Waals surface area contributed by atoms with Gasteiger partial charge in [0.1, 0.15) is 0 Å². The van der Waals surface area contributed by atoms with E-state index in [4.69, 9.17) is 0 Å². The van der Waals surface area contributed by atoms with E-state index in [1.807, 2.05) is 6.92 Å². The van der Waals surface area contributed by atoms with Crippen molar-refractivity contribution in [3.8, 4) is 0 Å². The molecule has 5 aliphatic carbocycles. The van der Waals surface area contributed by atoms with Gasteiger partial charge in [-0.2, -0.15) is 0 Å². The fourth-order valence-electron chi connectivity index (χ4n) is 9.69. The summed E-state index contributed by atoms with van der Waals surface area (Å²) in [6.45, 7) is 6.84. The predicted molar refractivity (Wildman–Crippen MR) is 109 cm³/mol. The fraction of sp³-hybridized carbons (Fsp3) is 1.00. The van der Waals surface area contributed by atoms with E-state index in [1.54, 1.807) is 0 Å². The van der Waals surface area contributed by atoms with Gasteiger partial charge >= 0.3 is 0 Å². The largest absolute Gasteiger partial charge is 0.393 e. The first kappa shape index (κ1) is 18.9. The van der Waals surface area contributed by atoms with Crippen molar-refractivity contribution in [1.82, 2.24) is 0 Å². The second-order valence-electron chi connectivity index (χ2n) is 11.6. The molecule has 0 aromatic carbocycles. The Morgan fingerprint density at radius 1 is 0.926 bits per heavy atom. The van der Waals surface area contributed by atoms with Crippen LogP contribution in [0.3, 0.4) is 0 Å². The smallest absolute Gasteiger partial charge is 0.0714 e. The zero-order valence-corrected chi connectivity index (χ0v) is 17.9. The maximum absolute atomic E-state index is 11.2. The van der Waals surface area contributed by atoms with Crippen molar-refractivity contribution < 1.29 is 10.2 Å². The lowest BCUT2D eigenvalue weighted by Crippen LogP contribution is -2.50. The number of hydrogen-bond acceptors (Lipinski definition) is 2. The zero-order chi connectivity index (χ0) is 19.0. The minimum atomic E-state index is -0.267. The van der Waals surface area contributed by atoms with Crippen LogP contribution in [0.1, 0.15) is 91.4 Å². The van der Waals surface area contributed by atoms with Crippen LogP contribution in [-0.2, 0) is 0 Å². The summed E-state index contributed by atoms with van der Waals surface area (Å²) in [7, 11) is 0. The Hall–Kier alpha value is -0.0800. The average Bonchev–Trinajstić information content (AvgIpc) is 3.07. The topological polar surface area (TPSA) is 40.5 Å². The second kappa shape index (κ2) is 6.46. The lowest BCUT2D eigenvalue weighted by molar-refractivity contribution is -0.0904. The molecule has 5 fully saturated rings. The van der Waals surface area contributed by atoms with Crippen molar-refractivity contribution in [2.75, 3.05) is 0 Å². The number of rotatable bonds is 4. The van der Waals surface area contributed by atoms with E-state index in [1.165, 1.54) is 64.2 Å². The van der Waals surface area contributed by atoms with Crippen LogP contribution in [-0.4, -0.2) is 21.9 Å². The Morgan fingerprint density at radius 2 is 1.63 bits per heavy atom. The fourth-order valence-corrected chi connectivity index (χ4v) is 9.69. The van der Waals surface area contributed by atoms with Gasteiger partial charge in [0.2, 0.25) is 0 Å². The Kier molecular flexibility index (Phi) is 4.53. The molecule has 5 rings (SSSR count). The van der Waals surface area contributed by atoms with Gasteiger partial charge in [-0.3, -0.25) is 0 Å². The first-order valence-corrected chi connectivity index (χ1v) is 12.3. The van der Waals surface area contributed by atoms with Gasteiger partial charge in [0, 0.05) is 0 Å². The van der Waals surface area contributed by atoms with Crippen LogP contribution in [0.4, 0.5) is 0 Å². The molecule has 0 aliphatic heterocycles. The Labute approximate surface area is 166 Å². The number of aliphatic hydroxyl groups excluding tert-OH is 1. The van der Waals surface area contributed by atoms with Crippen LogP contribution < -0.4 is 0 Å². The van der Waals surface area contributed by atoms with Crippen molar-refractivity contribution in [2.24, 2.45) is 52.8 Å². The molecule has 5 aliphatic rings. The van der Waals surface area contributed by atoms with E-state index in [0.717, 1.165) is 36.0 Å². The van der Waals surface area contributed by atoms with Crippen LogP contribution in [0.25, 0.3) is 0 Å². The third-order valence-electron chi connectivity index (χ3n) is 10.8. The molecule has 2 N–H and O–H groups in total. The lowest BCUT2D eigenvalue weighted by atomic mass is 9.49. The molecule has 0 saturated heterocycles. The highest BCUT2D eigenvalue weighted by molar-refractivity contribution is 5.19. The van der Waals surface area contributed by atoms with Crippen LogP contribution in [0.2, 0.25) is 0 Å². The van der Waals surface area contributed by atoms with Crippen LogP contribution in [0.5, 0.6) is 0 Å². The van der Waals surface area contributed by atoms with Gasteiger partial charge in [-0.25, -0.2) is 0 Å². The molecular formula is C25H42O2. The summed E-state index contributed by atoms with van der Waals surface area (Å²) in [5, 5.41) is 21.6. The molecule has 2 heteroatoms. The number of unbranched alkanes of at least 4 members (excludes halogenated alkanes) is 1. The van der Waals surface area contributed by atoms with Crippen molar-refractivity contribution in [2.45, 2.75) is 103 Å². The van der Waals surface area contributed by atoms with Gasteiger partial charge in [0.25, 0.3) is 0 Å². The van der Waals surface area contributed by atoms with Crippen molar-refractivity contribution in [3.05, 3.63) is 0 Å². The summed E-state index contributed by atoms with van der Waals surface area (Å²) in [4.78, 5) is 0. The maximum atomic E-state index is 11.2. The summed E-state index contributed by atoms with van der Waals surface area (Å²) in [5.74, 6) is 6.21. The van der Waals surface area contributed by atoms with Crippen molar-refractivity contribution in [3.63, 3.8) is 0 Å². The van der Waals surface area contributed by atoms with Crippen LogP contribution >= 0.6 is 0 Å². The van der Waals surface area contributed by atoms with Gasteiger partial charge in [0.05, 0.1) is 11.7 Å². The average molecular weight is 375 g/mol. The minimum Gasteiger partial charge on any atom is -0.393 e. The van der Waals surface area contributed by atoms with Crippen molar-refractivity contribution >= 4 is 0 Å². The highest BCUT2D eigenvalue weighted by atomic mass is 16.3. The van der Waals surface area contributed by atoms with E-state index in [-0.39, 0.29) is 11.7 Å². The highest BCUT2D eigenvalue weighted by Gasteiger charge is 2.70. The molecular weight excluding hydrogens is 332 g/mol. The third-order valence-corrected chi connectivity index (χ3v) is 10.8. The summed E-state index contributed by atoms with van der Waals surface area (Å²) >= 11 is 0. The Balaban J connectivity index is 1.33. The summed E-state index contributed by atoms with van der Waals surface area (Å²) < 4.78 is 0. The van der Waals surface area contributed by atoms with Crippen LogP contribution in [0, 0.1) is 52.8 Å². The lowest BCUT2D eigenvalue weighted by Gasteiger charge is -2.56. The quantitative estimate of drug-likeness (QED) is 0.690. The van der Waals surface area contributed by atoms with E-state index in [0.29, 0.717) is 23.2 Å². The molecule has 2 unspecified atom stereocenters. The highest BCUT2D eigenvalue weighted by Crippen LogP contribution is 2.71. The molecule has 2 nitrogen and oxygen atoms in total. The van der Waals surface area contributed by atoms with E-state index in [2.05, 4.69) is 13.8 Å². The summed E-state index contributed by atoms with van der Waals surface area (Å²) in [6, 6.07) is 0. The molecule has 0 aromatic heterocycles. The van der Waals surface area contributed by atoms with Gasteiger partial charge in [0.15, 0.2) is 0 Å². The van der Waals surface area contributed by atoms with Gasteiger partial charge in [-0.1, -0.05) is 26.7 Å². The molecule has 0 bridgehead atoms. The molecule has 11 atom stereocenters. The van der Waals surface area contributed by atoms with Gasteiger partial charge in [-0.15, -0.1) is 0 Å². The van der Waals surface area contributed by atoms with E-state index < -0.39 is 0 Å². The van der Waals surface area contributed by atoms with Gasteiger partial charge < -0.3 is 10.2 Å². The number of aliphatic hydroxyl groups is 2. The SMILES string of the molecule is CCCCC1C2[C@H]3CC[C@@H]4[C@H](CC[C@]5(C)[C@@H]([C@H](C)O)CC[C@@H]45)[C@H]3CC[C@]12O. The molecule has 154 valence electrons. The van der Waals surface area contributed by atoms with Gasteiger partial charge in [-0.05, 0) is 117 Å². The normalized spacial score (nSPS) is 57.2. The molecule has 27 heavy (non-hydrogen) atoms. The van der Waals surface area contributed by atoms with E-state index in [9.17, 15) is 10.2 Å². The number of fused-ring (bicyclic) bond motifs is 7. The summed E-state index contributed by atoms with van der Waals surface area (Å²) in [6.07, 6.45) is 14.2. The maximum Gasteiger partial charge on any atom is 0.0714 e. The molecule has 0 heterocycles. The first-order valence-electron chi connectivity index (χ1n) is 12.3. The molecule has 5 saturated carbocycles. The Morgan fingerprint density at radius 3 is 2.37 bits per heavy atom. The monoisotopic (exact) mass is 374 g/mol. The first-order chi connectivity index (χ1) is 12.9. The zero-order valence-electron chi connectivity index (χ0n) is 17.9. The number of hydrogen-bond donors (Lipinski definition) is 2. The third kappa shape index (κ3) is 2.57. The predicted octanol–water partition coefficient (Wildman–Crippen LogP) is 5.41. The molecule has 0 aromatic rings. The molecule has 0 radical (unpaired) electrons.